The van der Waals surface area contributed by atoms with Gasteiger partial charge in [-0.05, 0) is 60.7 Å². The smallest absolute Gasteiger partial charge is 0.251 e. The number of aromatic hydroxyl groups is 1. The standard InChI is InChI=1S/C23H22N2O5/c1-29-19-9-11-20(12-10-19)30-21-4-2-3-17(15-21)25-22(27)13-14-24-23(28)16-5-7-18(26)8-6-16/h2-12,15,26H,13-14H2,1H3,(H,24,28)(H,25,27). The van der Waals surface area contributed by atoms with Crippen molar-refractivity contribution in [3.8, 4) is 23.0 Å². The lowest BCUT2D eigenvalue weighted by atomic mass is 10.2. The molecular formula is C23H22N2O5. The molecule has 7 heteroatoms. The van der Waals surface area contributed by atoms with Gasteiger partial charge in [-0.15, -0.1) is 0 Å². The predicted molar refractivity (Wildman–Crippen MR) is 113 cm³/mol. The molecule has 0 saturated carbocycles. The van der Waals surface area contributed by atoms with Gasteiger partial charge in [-0.2, -0.15) is 0 Å². The highest BCUT2D eigenvalue weighted by Crippen LogP contribution is 2.25. The number of rotatable bonds is 8. The van der Waals surface area contributed by atoms with Gasteiger partial charge in [-0.3, -0.25) is 9.59 Å². The molecule has 3 aromatic rings. The molecule has 3 rings (SSSR count). The molecule has 0 bridgehead atoms. The van der Waals surface area contributed by atoms with Crippen molar-refractivity contribution >= 4 is 17.5 Å². The van der Waals surface area contributed by atoms with Gasteiger partial charge in [0.25, 0.3) is 5.91 Å². The fourth-order valence-corrected chi connectivity index (χ4v) is 2.65. The van der Waals surface area contributed by atoms with E-state index in [9.17, 15) is 14.7 Å². The Morgan fingerprint density at radius 1 is 0.900 bits per heavy atom. The van der Waals surface area contributed by atoms with Crippen molar-refractivity contribution < 1.29 is 24.2 Å². The van der Waals surface area contributed by atoms with Crippen LogP contribution in [0, 0.1) is 0 Å². The number of hydrogen-bond donors (Lipinski definition) is 3. The van der Waals surface area contributed by atoms with Crippen molar-refractivity contribution in [3.63, 3.8) is 0 Å². The van der Waals surface area contributed by atoms with Crippen molar-refractivity contribution in [2.75, 3.05) is 19.0 Å². The van der Waals surface area contributed by atoms with Gasteiger partial charge in [0.2, 0.25) is 5.91 Å². The van der Waals surface area contributed by atoms with Crippen molar-refractivity contribution in [3.05, 3.63) is 78.4 Å². The van der Waals surface area contributed by atoms with E-state index in [0.29, 0.717) is 22.7 Å². The van der Waals surface area contributed by atoms with E-state index < -0.39 is 0 Å². The summed E-state index contributed by atoms with van der Waals surface area (Å²) in [5.74, 6) is 1.51. The molecule has 0 unspecified atom stereocenters. The topological polar surface area (TPSA) is 96.9 Å². The molecular weight excluding hydrogens is 384 g/mol. The minimum Gasteiger partial charge on any atom is -0.508 e. The molecule has 3 aromatic carbocycles. The summed E-state index contributed by atoms with van der Waals surface area (Å²) in [6, 6.07) is 20.1. The highest BCUT2D eigenvalue weighted by Gasteiger charge is 2.08. The Balaban J connectivity index is 1.48. The minimum absolute atomic E-state index is 0.0872. The third-order valence-corrected chi connectivity index (χ3v) is 4.18. The number of ether oxygens (including phenoxy) is 2. The molecule has 0 fully saturated rings. The van der Waals surface area contributed by atoms with Crippen LogP contribution in [0.2, 0.25) is 0 Å². The number of benzene rings is 3. The summed E-state index contributed by atoms with van der Waals surface area (Å²) in [5.41, 5.74) is 1.01. The number of phenolic OH excluding ortho intramolecular Hbond substituents is 1. The molecule has 0 radical (unpaired) electrons. The lowest BCUT2D eigenvalue weighted by Gasteiger charge is -2.10. The highest BCUT2D eigenvalue weighted by molar-refractivity contribution is 5.95. The summed E-state index contributed by atoms with van der Waals surface area (Å²) >= 11 is 0. The zero-order valence-corrected chi connectivity index (χ0v) is 16.4. The van der Waals surface area contributed by atoms with E-state index in [1.165, 1.54) is 24.3 Å². The van der Waals surface area contributed by atoms with Crippen LogP contribution >= 0.6 is 0 Å². The fraction of sp³-hybridized carbons (Fsp3) is 0.130. The van der Waals surface area contributed by atoms with Crippen LogP contribution in [-0.2, 0) is 4.79 Å². The van der Waals surface area contributed by atoms with Gasteiger partial charge < -0.3 is 25.2 Å². The summed E-state index contributed by atoms with van der Waals surface area (Å²) in [4.78, 5) is 24.2. The molecule has 0 saturated heterocycles. The van der Waals surface area contributed by atoms with Crippen LogP contribution in [0.5, 0.6) is 23.0 Å². The SMILES string of the molecule is COc1ccc(Oc2cccc(NC(=O)CCNC(=O)c3ccc(O)cc3)c2)cc1. The summed E-state index contributed by atoms with van der Waals surface area (Å²) in [7, 11) is 1.60. The van der Waals surface area contributed by atoms with Gasteiger partial charge >= 0.3 is 0 Å². The van der Waals surface area contributed by atoms with E-state index >= 15 is 0 Å². The van der Waals surface area contributed by atoms with E-state index in [2.05, 4.69) is 10.6 Å². The maximum Gasteiger partial charge on any atom is 0.251 e. The number of phenols is 1. The van der Waals surface area contributed by atoms with Crippen LogP contribution in [0.25, 0.3) is 0 Å². The second-order valence-electron chi connectivity index (χ2n) is 6.41. The Hall–Kier alpha value is -4.00. The minimum atomic E-state index is -0.308. The largest absolute Gasteiger partial charge is 0.508 e. The average molecular weight is 406 g/mol. The zero-order chi connectivity index (χ0) is 21.3. The second-order valence-corrected chi connectivity index (χ2v) is 6.41. The Labute approximate surface area is 174 Å². The molecule has 0 atom stereocenters. The number of anilines is 1. The zero-order valence-electron chi connectivity index (χ0n) is 16.4. The average Bonchev–Trinajstić information content (AvgIpc) is 2.75. The van der Waals surface area contributed by atoms with Gasteiger partial charge in [-0.1, -0.05) is 6.07 Å². The van der Waals surface area contributed by atoms with Gasteiger partial charge in [0.1, 0.15) is 23.0 Å². The first-order valence-electron chi connectivity index (χ1n) is 9.32. The van der Waals surface area contributed by atoms with Crippen LogP contribution in [0.1, 0.15) is 16.8 Å². The van der Waals surface area contributed by atoms with Crippen molar-refractivity contribution in [2.24, 2.45) is 0 Å². The number of nitrogens with one attached hydrogen (secondary N) is 2. The predicted octanol–water partition coefficient (Wildman–Crippen LogP) is 3.95. The Morgan fingerprint density at radius 3 is 2.30 bits per heavy atom. The number of carbonyl (C=O) groups is 2. The molecule has 7 nitrogen and oxygen atoms in total. The Bertz CT molecular complexity index is 1000. The molecule has 0 heterocycles. The van der Waals surface area contributed by atoms with E-state index in [-0.39, 0.29) is 30.5 Å². The number of hydrogen-bond acceptors (Lipinski definition) is 5. The summed E-state index contributed by atoms with van der Waals surface area (Å²) in [6.45, 7) is 0.188. The first-order valence-corrected chi connectivity index (χ1v) is 9.32. The maximum atomic E-state index is 12.2. The Kier molecular flexibility index (Phi) is 6.89. The first-order chi connectivity index (χ1) is 14.5. The third-order valence-electron chi connectivity index (χ3n) is 4.18. The highest BCUT2D eigenvalue weighted by atomic mass is 16.5. The van der Waals surface area contributed by atoms with E-state index in [0.717, 1.165) is 5.75 Å². The molecule has 2 amide bonds. The lowest BCUT2D eigenvalue weighted by Crippen LogP contribution is -2.27. The van der Waals surface area contributed by atoms with Gasteiger partial charge in [0.15, 0.2) is 0 Å². The quantitative estimate of drug-likeness (QED) is 0.526. The first kappa shape index (κ1) is 20.7. The molecule has 3 N–H and O–H groups in total. The lowest BCUT2D eigenvalue weighted by molar-refractivity contribution is -0.116. The summed E-state index contributed by atoms with van der Waals surface area (Å²) in [6.07, 6.45) is 0.118. The molecule has 0 aromatic heterocycles. The van der Waals surface area contributed by atoms with Gasteiger partial charge in [0.05, 0.1) is 7.11 Å². The Morgan fingerprint density at radius 2 is 1.60 bits per heavy atom. The monoisotopic (exact) mass is 406 g/mol. The summed E-state index contributed by atoms with van der Waals surface area (Å²) in [5, 5.41) is 14.7. The molecule has 0 aliphatic rings. The van der Waals surface area contributed by atoms with Crippen molar-refractivity contribution in [2.45, 2.75) is 6.42 Å². The molecule has 154 valence electrons. The van der Waals surface area contributed by atoms with Gasteiger partial charge in [0, 0.05) is 30.3 Å². The number of carbonyl (C=O) groups excluding carboxylic acids is 2. The number of amides is 2. The normalized spacial score (nSPS) is 10.2. The number of methoxy groups -OCH3 is 1. The van der Waals surface area contributed by atoms with Gasteiger partial charge in [-0.25, -0.2) is 0 Å². The van der Waals surface area contributed by atoms with E-state index in [1.54, 1.807) is 55.6 Å². The molecule has 0 aliphatic heterocycles. The van der Waals surface area contributed by atoms with Crippen LogP contribution in [0.15, 0.2) is 72.8 Å². The fourth-order valence-electron chi connectivity index (χ4n) is 2.65. The molecule has 0 spiro atoms. The van der Waals surface area contributed by atoms with Crippen LogP contribution < -0.4 is 20.1 Å². The van der Waals surface area contributed by atoms with E-state index in [4.69, 9.17) is 9.47 Å². The maximum absolute atomic E-state index is 12.2. The van der Waals surface area contributed by atoms with Crippen molar-refractivity contribution in [1.29, 1.82) is 0 Å². The van der Waals surface area contributed by atoms with Crippen molar-refractivity contribution in [1.82, 2.24) is 5.32 Å². The summed E-state index contributed by atoms with van der Waals surface area (Å²) < 4.78 is 10.9. The molecule has 0 aliphatic carbocycles. The second kappa shape index (κ2) is 9.97. The van der Waals surface area contributed by atoms with E-state index in [1.807, 2.05) is 0 Å². The van der Waals surface area contributed by atoms with Crippen LogP contribution in [0.3, 0.4) is 0 Å². The van der Waals surface area contributed by atoms with Crippen LogP contribution in [-0.4, -0.2) is 30.6 Å². The third kappa shape index (κ3) is 6.00. The van der Waals surface area contributed by atoms with Crippen LogP contribution in [0.4, 0.5) is 5.69 Å². The molecule has 30 heavy (non-hydrogen) atoms.